The Kier molecular flexibility index (Phi) is 3.81. The number of halogens is 1. The summed E-state index contributed by atoms with van der Waals surface area (Å²) in [6, 6.07) is 12.9. The number of hydrogen-bond donors (Lipinski definition) is 1. The lowest BCUT2D eigenvalue weighted by Crippen LogP contribution is -2.22. The molecule has 1 aliphatic heterocycles. The van der Waals surface area contributed by atoms with E-state index in [9.17, 15) is 14.0 Å². The van der Waals surface area contributed by atoms with Crippen LogP contribution in [0.1, 0.15) is 11.1 Å². The highest BCUT2D eigenvalue weighted by Crippen LogP contribution is 2.32. The Balaban J connectivity index is 2.15. The zero-order valence-electron chi connectivity index (χ0n) is 11.7. The summed E-state index contributed by atoms with van der Waals surface area (Å²) in [6.07, 6.45) is 1.96. The van der Waals surface area contributed by atoms with Crippen molar-refractivity contribution in [2.75, 3.05) is 6.26 Å². The Morgan fingerprint density at radius 3 is 1.73 bits per heavy atom. The first-order valence-electron chi connectivity index (χ1n) is 6.60. The van der Waals surface area contributed by atoms with Gasteiger partial charge in [0.2, 0.25) is 0 Å². The molecule has 2 aromatic rings. The molecule has 0 spiro atoms. The monoisotopic (exact) mass is 313 g/mol. The van der Waals surface area contributed by atoms with Crippen LogP contribution in [0, 0.1) is 5.82 Å². The van der Waals surface area contributed by atoms with Gasteiger partial charge in [-0.2, -0.15) is 0 Å². The lowest BCUT2D eigenvalue weighted by atomic mass is 9.96. The Labute approximate surface area is 131 Å². The number of hydrogen-bond acceptors (Lipinski definition) is 3. The lowest BCUT2D eigenvalue weighted by Gasteiger charge is -2.05. The summed E-state index contributed by atoms with van der Waals surface area (Å²) in [5.74, 6) is -1.28. The van der Waals surface area contributed by atoms with Gasteiger partial charge in [-0.25, -0.2) is 4.39 Å². The molecular formula is C17H12FNO2S. The van der Waals surface area contributed by atoms with Crippen molar-refractivity contribution in [2.24, 2.45) is 0 Å². The second-order valence-corrected chi connectivity index (χ2v) is 5.65. The number of carbonyl (C=O) groups excluding carboxylic acids is 2. The summed E-state index contributed by atoms with van der Waals surface area (Å²) in [4.78, 5) is 25.3. The number of thioether (sulfide) groups is 1. The molecule has 0 atom stereocenters. The van der Waals surface area contributed by atoms with Gasteiger partial charge < -0.3 is 0 Å². The van der Waals surface area contributed by atoms with Gasteiger partial charge in [0, 0.05) is 4.90 Å². The minimum absolute atomic E-state index is 0.280. The van der Waals surface area contributed by atoms with Crippen molar-refractivity contribution < 1.29 is 14.0 Å². The van der Waals surface area contributed by atoms with Crippen LogP contribution in [0.3, 0.4) is 0 Å². The SMILES string of the molecule is CSc1ccc(C2=C(c3ccc(F)cc3)C(=O)NC2=O)cc1. The van der Waals surface area contributed by atoms with Crippen molar-refractivity contribution in [3.8, 4) is 0 Å². The third kappa shape index (κ3) is 2.55. The average Bonchev–Trinajstić information content (AvgIpc) is 2.82. The maximum Gasteiger partial charge on any atom is 0.259 e. The van der Waals surface area contributed by atoms with E-state index < -0.39 is 11.8 Å². The molecule has 0 bridgehead atoms. The topological polar surface area (TPSA) is 46.2 Å². The fourth-order valence-corrected chi connectivity index (χ4v) is 2.79. The van der Waals surface area contributed by atoms with E-state index in [1.165, 1.54) is 24.3 Å². The number of amides is 2. The van der Waals surface area contributed by atoms with Crippen LogP contribution < -0.4 is 5.32 Å². The van der Waals surface area contributed by atoms with Gasteiger partial charge in [-0.3, -0.25) is 14.9 Å². The maximum absolute atomic E-state index is 13.1. The fraction of sp³-hybridized carbons (Fsp3) is 0.0588. The molecule has 1 aliphatic rings. The number of rotatable bonds is 3. The van der Waals surface area contributed by atoms with Gasteiger partial charge in [0.25, 0.3) is 11.8 Å². The first-order chi connectivity index (χ1) is 10.6. The third-order valence-corrected chi connectivity index (χ3v) is 4.19. The second-order valence-electron chi connectivity index (χ2n) is 4.77. The zero-order valence-corrected chi connectivity index (χ0v) is 12.5. The van der Waals surface area contributed by atoms with Crippen LogP contribution in [0.5, 0.6) is 0 Å². The van der Waals surface area contributed by atoms with Gasteiger partial charge in [0.05, 0.1) is 11.1 Å². The van der Waals surface area contributed by atoms with Crippen molar-refractivity contribution in [3.63, 3.8) is 0 Å². The fourth-order valence-electron chi connectivity index (χ4n) is 2.38. The average molecular weight is 313 g/mol. The Morgan fingerprint density at radius 1 is 0.818 bits per heavy atom. The van der Waals surface area contributed by atoms with Crippen LogP contribution in [0.2, 0.25) is 0 Å². The Morgan fingerprint density at radius 2 is 1.27 bits per heavy atom. The van der Waals surface area contributed by atoms with E-state index in [4.69, 9.17) is 0 Å². The van der Waals surface area contributed by atoms with Crippen molar-refractivity contribution in [1.29, 1.82) is 0 Å². The van der Waals surface area contributed by atoms with Gasteiger partial charge in [0.15, 0.2) is 0 Å². The number of benzene rings is 2. The molecule has 3 rings (SSSR count). The molecule has 2 amide bonds. The number of nitrogens with one attached hydrogen (secondary N) is 1. The Bertz CT molecular complexity index is 779. The highest BCUT2D eigenvalue weighted by Gasteiger charge is 2.31. The van der Waals surface area contributed by atoms with Gasteiger partial charge >= 0.3 is 0 Å². The summed E-state index contributed by atoms with van der Waals surface area (Å²) >= 11 is 1.59. The van der Waals surface area contributed by atoms with Crippen LogP contribution in [-0.2, 0) is 9.59 Å². The van der Waals surface area contributed by atoms with Crippen LogP contribution in [0.25, 0.3) is 11.1 Å². The summed E-state index contributed by atoms with van der Waals surface area (Å²) in [5.41, 5.74) is 1.79. The van der Waals surface area contributed by atoms with Crippen molar-refractivity contribution in [2.45, 2.75) is 4.90 Å². The molecule has 0 saturated carbocycles. The number of carbonyl (C=O) groups is 2. The van der Waals surface area contributed by atoms with Gasteiger partial charge in [0.1, 0.15) is 5.82 Å². The van der Waals surface area contributed by atoms with E-state index in [0.717, 1.165) is 4.90 Å². The molecule has 3 nitrogen and oxygen atoms in total. The Hall–Kier alpha value is -2.40. The largest absolute Gasteiger partial charge is 0.288 e. The molecule has 110 valence electrons. The van der Waals surface area contributed by atoms with E-state index in [-0.39, 0.29) is 11.4 Å². The molecule has 22 heavy (non-hydrogen) atoms. The molecule has 2 aromatic carbocycles. The number of imide groups is 1. The van der Waals surface area contributed by atoms with Gasteiger partial charge in [-0.05, 0) is 41.6 Å². The first-order valence-corrected chi connectivity index (χ1v) is 7.83. The summed E-state index contributed by atoms with van der Waals surface area (Å²) < 4.78 is 13.1. The van der Waals surface area contributed by atoms with Crippen molar-refractivity contribution >= 4 is 34.7 Å². The van der Waals surface area contributed by atoms with Crippen molar-refractivity contribution in [3.05, 3.63) is 65.5 Å². The summed E-state index contributed by atoms with van der Waals surface area (Å²) in [7, 11) is 0. The highest BCUT2D eigenvalue weighted by molar-refractivity contribution is 7.98. The quantitative estimate of drug-likeness (QED) is 0.699. The van der Waals surface area contributed by atoms with E-state index >= 15 is 0 Å². The minimum atomic E-state index is -0.458. The second kappa shape index (κ2) is 5.77. The van der Waals surface area contributed by atoms with E-state index in [1.54, 1.807) is 11.8 Å². The first kappa shape index (κ1) is 14.5. The molecule has 0 unspecified atom stereocenters. The standard InChI is InChI=1S/C17H12FNO2S/c1-22-13-8-4-11(5-9-13)15-14(16(20)19-17(15)21)10-2-6-12(18)7-3-10/h2-9H,1H3,(H,19,20,21). The van der Waals surface area contributed by atoms with Crippen molar-refractivity contribution in [1.82, 2.24) is 5.32 Å². The molecule has 0 fully saturated rings. The maximum atomic E-state index is 13.1. The molecule has 1 N–H and O–H groups in total. The van der Waals surface area contributed by atoms with E-state index in [0.29, 0.717) is 16.7 Å². The summed E-state index contributed by atoms with van der Waals surface area (Å²) in [5, 5.41) is 2.31. The zero-order chi connectivity index (χ0) is 15.7. The molecule has 0 aliphatic carbocycles. The van der Waals surface area contributed by atoms with Crippen LogP contribution >= 0.6 is 11.8 Å². The molecule has 0 aromatic heterocycles. The van der Waals surface area contributed by atoms with Crippen LogP contribution in [-0.4, -0.2) is 18.1 Å². The lowest BCUT2D eigenvalue weighted by molar-refractivity contribution is -0.122. The van der Waals surface area contributed by atoms with Crippen LogP contribution in [0.4, 0.5) is 4.39 Å². The predicted molar refractivity (Wildman–Crippen MR) is 84.6 cm³/mol. The highest BCUT2D eigenvalue weighted by atomic mass is 32.2. The van der Waals surface area contributed by atoms with E-state index in [2.05, 4.69) is 5.32 Å². The minimum Gasteiger partial charge on any atom is -0.288 e. The van der Waals surface area contributed by atoms with Gasteiger partial charge in [-0.1, -0.05) is 24.3 Å². The molecular weight excluding hydrogens is 301 g/mol. The molecule has 1 heterocycles. The molecule has 5 heteroatoms. The smallest absolute Gasteiger partial charge is 0.259 e. The predicted octanol–water partition coefficient (Wildman–Crippen LogP) is 3.11. The van der Waals surface area contributed by atoms with E-state index in [1.807, 2.05) is 30.5 Å². The molecule has 0 saturated heterocycles. The van der Waals surface area contributed by atoms with Gasteiger partial charge in [-0.15, -0.1) is 11.8 Å². The summed E-state index contributed by atoms with van der Waals surface area (Å²) in [6.45, 7) is 0. The normalized spacial score (nSPS) is 14.5. The third-order valence-electron chi connectivity index (χ3n) is 3.44. The molecule has 0 radical (unpaired) electrons. The van der Waals surface area contributed by atoms with Crippen LogP contribution in [0.15, 0.2) is 53.4 Å².